The van der Waals surface area contributed by atoms with Crippen LogP contribution in [-0.2, 0) is 11.2 Å². The van der Waals surface area contributed by atoms with Gasteiger partial charge in [0, 0.05) is 19.3 Å². The van der Waals surface area contributed by atoms with Gasteiger partial charge >= 0.3 is 5.97 Å². The standard InChI is InChI=1S/C16H19N3O3/c1-2-12-14(19-9-4-3-7-13(19)17-12)15(20)18-8-5-6-11(10-18)16(21)22/h3-4,7,9,11H,2,5-6,8,10H2,1H3,(H,21,22). The molecule has 0 bridgehead atoms. The molecule has 116 valence electrons. The monoisotopic (exact) mass is 301 g/mol. The molecule has 6 heteroatoms. The van der Waals surface area contributed by atoms with Crippen molar-refractivity contribution in [3.05, 3.63) is 35.8 Å². The van der Waals surface area contributed by atoms with E-state index in [9.17, 15) is 14.7 Å². The average molecular weight is 301 g/mol. The van der Waals surface area contributed by atoms with E-state index < -0.39 is 11.9 Å². The van der Waals surface area contributed by atoms with E-state index >= 15 is 0 Å². The number of carboxylic acids is 1. The van der Waals surface area contributed by atoms with Gasteiger partial charge in [0.25, 0.3) is 5.91 Å². The van der Waals surface area contributed by atoms with Gasteiger partial charge in [-0.05, 0) is 31.4 Å². The van der Waals surface area contributed by atoms with Crippen molar-refractivity contribution in [1.29, 1.82) is 0 Å². The van der Waals surface area contributed by atoms with Gasteiger partial charge in [-0.15, -0.1) is 0 Å². The molecule has 1 aliphatic heterocycles. The summed E-state index contributed by atoms with van der Waals surface area (Å²) in [6.07, 6.45) is 3.85. The molecule has 0 saturated carbocycles. The number of fused-ring (bicyclic) bond motifs is 1. The molecule has 1 saturated heterocycles. The van der Waals surface area contributed by atoms with Gasteiger partial charge in [0.05, 0.1) is 11.6 Å². The van der Waals surface area contributed by atoms with Crippen LogP contribution in [0.3, 0.4) is 0 Å². The first-order valence-electron chi connectivity index (χ1n) is 7.60. The molecule has 1 atom stereocenters. The van der Waals surface area contributed by atoms with Crippen LogP contribution in [0.15, 0.2) is 24.4 Å². The summed E-state index contributed by atoms with van der Waals surface area (Å²) >= 11 is 0. The third-order valence-electron chi connectivity index (χ3n) is 4.20. The number of rotatable bonds is 3. The lowest BCUT2D eigenvalue weighted by Crippen LogP contribution is -2.43. The summed E-state index contributed by atoms with van der Waals surface area (Å²) in [6.45, 7) is 2.85. The van der Waals surface area contributed by atoms with Gasteiger partial charge in [-0.2, -0.15) is 0 Å². The van der Waals surface area contributed by atoms with Crippen LogP contribution < -0.4 is 0 Å². The molecule has 1 N–H and O–H groups in total. The third-order valence-corrected chi connectivity index (χ3v) is 4.20. The van der Waals surface area contributed by atoms with Gasteiger partial charge in [0.2, 0.25) is 0 Å². The zero-order valence-corrected chi connectivity index (χ0v) is 12.5. The maximum Gasteiger partial charge on any atom is 0.308 e. The first-order valence-corrected chi connectivity index (χ1v) is 7.60. The van der Waals surface area contributed by atoms with Crippen molar-refractivity contribution in [3.8, 4) is 0 Å². The number of carbonyl (C=O) groups excluding carboxylic acids is 1. The number of amides is 1. The maximum atomic E-state index is 12.9. The van der Waals surface area contributed by atoms with Crippen molar-refractivity contribution in [2.75, 3.05) is 13.1 Å². The Labute approximate surface area is 128 Å². The van der Waals surface area contributed by atoms with Gasteiger partial charge < -0.3 is 10.0 Å². The number of aliphatic carboxylic acids is 1. The summed E-state index contributed by atoms with van der Waals surface area (Å²) in [5, 5.41) is 9.19. The minimum atomic E-state index is -0.827. The molecule has 3 rings (SSSR count). The van der Waals surface area contributed by atoms with Gasteiger partial charge in [-0.1, -0.05) is 13.0 Å². The minimum Gasteiger partial charge on any atom is -0.481 e. The van der Waals surface area contributed by atoms with Crippen molar-refractivity contribution in [1.82, 2.24) is 14.3 Å². The minimum absolute atomic E-state index is 0.124. The number of hydrogen-bond acceptors (Lipinski definition) is 3. The number of aromatic nitrogens is 2. The molecule has 1 fully saturated rings. The molecule has 6 nitrogen and oxygen atoms in total. The number of piperidine rings is 1. The van der Waals surface area contributed by atoms with Crippen LogP contribution in [0, 0.1) is 5.92 Å². The second kappa shape index (κ2) is 5.79. The second-order valence-electron chi connectivity index (χ2n) is 5.62. The molecule has 1 aliphatic rings. The van der Waals surface area contributed by atoms with Crippen molar-refractivity contribution < 1.29 is 14.7 Å². The SMILES string of the molecule is CCc1nc2ccccn2c1C(=O)N1CCCC(C(=O)O)C1. The summed E-state index contributed by atoms with van der Waals surface area (Å²) < 4.78 is 1.80. The van der Waals surface area contributed by atoms with E-state index in [0.29, 0.717) is 25.1 Å². The summed E-state index contributed by atoms with van der Waals surface area (Å²) in [5.74, 6) is -1.42. The summed E-state index contributed by atoms with van der Waals surface area (Å²) in [6, 6.07) is 5.62. The molecule has 1 amide bonds. The van der Waals surface area contributed by atoms with Crippen LogP contribution >= 0.6 is 0 Å². The Kier molecular flexibility index (Phi) is 3.83. The molecule has 1 unspecified atom stereocenters. The molecule has 0 radical (unpaired) electrons. The quantitative estimate of drug-likeness (QED) is 0.938. The summed E-state index contributed by atoms with van der Waals surface area (Å²) in [4.78, 5) is 30.2. The van der Waals surface area contributed by atoms with E-state index in [1.54, 1.807) is 9.30 Å². The molecule has 0 aromatic carbocycles. The fourth-order valence-corrected chi connectivity index (χ4v) is 3.03. The van der Waals surface area contributed by atoms with E-state index in [1.807, 2.05) is 31.3 Å². The van der Waals surface area contributed by atoms with Crippen LogP contribution in [0.4, 0.5) is 0 Å². The number of imidazole rings is 1. The van der Waals surface area contributed by atoms with E-state index in [2.05, 4.69) is 4.98 Å². The lowest BCUT2D eigenvalue weighted by atomic mass is 9.98. The van der Waals surface area contributed by atoms with E-state index in [4.69, 9.17) is 0 Å². The zero-order chi connectivity index (χ0) is 15.7. The van der Waals surface area contributed by atoms with Gasteiger partial charge in [0.15, 0.2) is 0 Å². The first kappa shape index (κ1) is 14.6. The number of hydrogen-bond donors (Lipinski definition) is 1. The van der Waals surface area contributed by atoms with Crippen LogP contribution in [0.1, 0.15) is 35.9 Å². The molecule has 3 heterocycles. The highest BCUT2D eigenvalue weighted by atomic mass is 16.4. The Hall–Kier alpha value is -2.37. The number of nitrogens with zero attached hydrogens (tertiary/aromatic N) is 3. The van der Waals surface area contributed by atoms with Crippen molar-refractivity contribution in [2.24, 2.45) is 5.92 Å². The lowest BCUT2D eigenvalue weighted by Gasteiger charge is -2.30. The Morgan fingerprint density at radius 1 is 1.41 bits per heavy atom. The number of likely N-dealkylation sites (tertiary alicyclic amines) is 1. The van der Waals surface area contributed by atoms with E-state index in [1.165, 1.54) is 0 Å². The van der Waals surface area contributed by atoms with Crippen molar-refractivity contribution in [2.45, 2.75) is 26.2 Å². The van der Waals surface area contributed by atoms with Gasteiger partial charge in [0.1, 0.15) is 11.3 Å². The van der Waals surface area contributed by atoms with Crippen LogP contribution in [0.2, 0.25) is 0 Å². The second-order valence-corrected chi connectivity index (χ2v) is 5.62. The van der Waals surface area contributed by atoms with Gasteiger partial charge in [-0.25, -0.2) is 4.98 Å². The van der Waals surface area contributed by atoms with Crippen LogP contribution in [-0.4, -0.2) is 44.4 Å². The average Bonchev–Trinajstić information content (AvgIpc) is 2.92. The molecular formula is C16H19N3O3. The maximum absolute atomic E-state index is 12.9. The highest BCUT2D eigenvalue weighted by molar-refractivity contribution is 5.95. The Bertz CT molecular complexity index is 722. The number of pyridine rings is 1. The molecule has 22 heavy (non-hydrogen) atoms. The number of carboxylic acid groups (broad SMARTS) is 1. The highest BCUT2D eigenvalue weighted by Crippen LogP contribution is 2.21. The largest absolute Gasteiger partial charge is 0.481 e. The van der Waals surface area contributed by atoms with E-state index in [0.717, 1.165) is 17.8 Å². The topological polar surface area (TPSA) is 74.9 Å². The Balaban J connectivity index is 1.96. The van der Waals surface area contributed by atoms with E-state index in [-0.39, 0.29) is 12.5 Å². The number of aryl methyl sites for hydroxylation is 1. The lowest BCUT2D eigenvalue weighted by molar-refractivity contribution is -0.143. The smallest absolute Gasteiger partial charge is 0.308 e. The van der Waals surface area contributed by atoms with Crippen LogP contribution in [0.25, 0.3) is 5.65 Å². The predicted octanol–water partition coefficient (Wildman–Crippen LogP) is 1.83. The third kappa shape index (κ3) is 2.45. The van der Waals surface area contributed by atoms with Gasteiger partial charge in [-0.3, -0.25) is 14.0 Å². The highest BCUT2D eigenvalue weighted by Gasteiger charge is 2.31. The fraction of sp³-hybridized carbons (Fsp3) is 0.438. The zero-order valence-electron chi connectivity index (χ0n) is 12.5. The van der Waals surface area contributed by atoms with Crippen molar-refractivity contribution in [3.63, 3.8) is 0 Å². The molecule has 2 aromatic heterocycles. The normalized spacial score (nSPS) is 18.6. The fourth-order valence-electron chi connectivity index (χ4n) is 3.03. The van der Waals surface area contributed by atoms with Crippen LogP contribution in [0.5, 0.6) is 0 Å². The molecule has 2 aromatic rings. The Morgan fingerprint density at radius 2 is 2.23 bits per heavy atom. The van der Waals surface area contributed by atoms with Crippen molar-refractivity contribution >= 4 is 17.5 Å². The summed E-state index contributed by atoms with van der Waals surface area (Å²) in [7, 11) is 0. The predicted molar refractivity (Wildman–Crippen MR) is 80.8 cm³/mol. The summed E-state index contributed by atoms with van der Waals surface area (Å²) in [5.41, 5.74) is 2.06. The first-order chi connectivity index (χ1) is 10.6. The molecule has 0 aliphatic carbocycles. The number of carbonyl (C=O) groups is 2. The Morgan fingerprint density at radius 3 is 2.95 bits per heavy atom. The molecule has 0 spiro atoms. The molecular weight excluding hydrogens is 282 g/mol.